The average Bonchev–Trinajstić information content (AvgIpc) is 2.92. The van der Waals surface area contributed by atoms with Crippen molar-refractivity contribution in [1.82, 2.24) is 10.3 Å². The summed E-state index contributed by atoms with van der Waals surface area (Å²) in [6.07, 6.45) is 3.12. The van der Waals surface area contributed by atoms with Crippen LogP contribution in [0.2, 0.25) is 0 Å². The summed E-state index contributed by atoms with van der Waals surface area (Å²) in [5, 5.41) is 4.92. The Morgan fingerprint density at radius 3 is 3.00 bits per heavy atom. The summed E-state index contributed by atoms with van der Waals surface area (Å²) in [4.78, 5) is 16.6. The number of rotatable bonds is 5. The van der Waals surface area contributed by atoms with Crippen LogP contribution in [0, 0.1) is 5.95 Å². The van der Waals surface area contributed by atoms with Crippen LogP contribution in [-0.2, 0) is 0 Å². The Morgan fingerprint density at radius 2 is 2.37 bits per heavy atom. The number of aromatic nitrogens is 1. The minimum Gasteiger partial charge on any atom is -0.344 e. The van der Waals surface area contributed by atoms with E-state index >= 15 is 0 Å². The second-order valence-electron chi connectivity index (χ2n) is 4.20. The Kier molecular flexibility index (Phi) is 4.63. The molecule has 1 amide bonds. The van der Waals surface area contributed by atoms with Crippen LogP contribution in [-0.4, -0.2) is 10.9 Å². The quantitative estimate of drug-likeness (QED) is 0.850. The van der Waals surface area contributed by atoms with E-state index in [2.05, 4.69) is 17.2 Å². The molecule has 19 heavy (non-hydrogen) atoms. The smallest absolute Gasteiger partial charge is 0.252 e. The van der Waals surface area contributed by atoms with Crippen LogP contribution in [0.15, 0.2) is 35.8 Å². The van der Waals surface area contributed by atoms with E-state index < -0.39 is 5.95 Å². The largest absolute Gasteiger partial charge is 0.344 e. The van der Waals surface area contributed by atoms with E-state index in [0.717, 1.165) is 23.8 Å². The standard InChI is InChI=1S/C14H15FN2OS/c1-2-4-11(12-5-3-8-19-12)17-14(18)10-6-7-16-13(15)9-10/h3,5-9,11H,2,4H2,1H3,(H,17,18). The first-order valence-electron chi connectivity index (χ1n) is 6.16. The number of hydrogen-bond acceptors (Lipinski definition) is 3. The molecule has 1 atom stereocenters. The molecule has 2 aromatic rings. The number of thiophene rings is 1. The lowest BCUT2D eigenvalue weighted by Crippen LogP contribution is -2.28. The Labute approximate surface area is 115 Å². The van der Waals surface area contributed by atoms with Crippen molar-refractivity contribution >= 4 is 17.2 Å². The maximum atomic E-state index is 13.0. The van der Waals surface area contributed by atoms with Crippen LogP contribution in [0.1, 0.15) is 41.0 Å². The summed E-state index contributed by atoms with van der Waals surface area (Å²) < 4.78 is 13.0. The van der Waals surface area contributed by atoms with Gasteiger partial charge in [0.15, 0.2) is 0 Å². The maximum absolute atomic E-state index is 13.0. The number of pyridine rings is 1. The Morgan fingerprint density at radius 1 is 1.53 bits per heavy atom. The van der Waals surface area contributed by atoms with Crippen molar-refractivity contribution in [1.29, 1.82) is 0 Å². The van der Waals surface area contributed by atoms with Crippen molar-refractivity contribution in [2.45, 2.75) is 25.8 Å². The molecular weight excluding hydrogens is 263 g/mol. The van der Waals surface area contributed by atoms with Gasteiger partial charge in [0.1, 0.15) is 0 Å². The van der Waals surface area contributed by atoms with Gasteiger partial charge < -0.3 is 5.32 Å². The van der Waals surface area contributed by atoms with Gasteiger partial charge in [0.2, 0.25) is 5.95 Å². The van der Waals surface area contributed by atoms with E-state index in [9.17, 15) is 9.18 Å². The third-order valence-electron chi connectivity index (χ3n) is 2.76. The zero-order valence-corrected chi connectivity index (χ0v) is 11.4. The molecule has 0 saturated carbocycles. The summed E-state index contributed by atoms with van der Waals surface area (Å²) in [7, 11) is 0. The first-order valence-corrected chi connectivity index (χ1v) is 7.04. The van der Waals surface area contributed by atoms with E-state index in [-0.39, 0.29) is 11.9 Å². The van der Waals surface area contributed by atoms with Gasteiger partial charge in [-0.1, -0.05) is 19.4 Å². The highest BCUT2D eigenvalue weighted by Crippen LogP contribution is 2.23. The monoisotopic (exact) mass is 278 g/mol. The number of carbonyl (C=O) groups excluding carboxylic acids is 1. The predicted octanol–water partition coefficient (Wildman–Crippen LogP) is 3.55. The minimum atomic E-state index is -0.643. The summed E-state index contributed by atoms with van der Waals surface area (Å²) in [6.45, 7) is 2.07. The number of nitrogens with one attached hydrogen (secondary N) is 1. The third kappa shape index (κ3) is 3.61. The first-order chi connectivity index (χ1) is 9.20. The Balaban J connectivity index is 2.11. The summed E-state index contributed by atoms with van der Waals surface area (Å²) in [5.74, 6) is -0.913. The fourth-order valence-electron chi connectivity index (χ4n) is 1.85. The molecule has 0 bridgehead atoms. The molecule has 2 aromatic heterocycles. The van der Waals surface area contributed by atoms with Crippen LogP contribution < -0.4 is 5.32 Å². The normalized spacial score (nSPS) is 12.1. The first kappa shape index (κ1) is 13.7. The molecule has 0 spiro atoms. The van der Waals surface area contributed by atoms with Crippen molar-refractivity contribution in [3.63, 3.8) is 0 Å². The maximum Gasteiger partial charge on any atom is 0.252 e. The second kappa shape index (κ2) is 6.43. The third-order valence-corrected chi connectivity index (χ3v) is 3.74. The summed E-state index contributed by atoms with van der Waals surface area (Å²) in [5.41, 5.74) is 0.296. The fourth-order valence-corrected chi connectivity index (χ4v) is 2.66. The molecule has 2 heterocycles. The van der Waals surface area contributed by atoms with Gasteiger partial charge in [0.05, 0.1) is 6.04 Å². The lowest BCUT2D eigenvalue weighted by molar-refractivity contribution is 0.0934. The van der Waals surface area contributed by atoms with Gasteiger partial charge in [-0.15, -0.1) is 11.3 Å². The minimum absolute atomic E-state index is 0.0197. The average molecular weight is 278 g/mol. The van der Waals surface area contributed by atoms with Crippen LogP contribution >= 0.6 is 11.3 Å². The van der Waals surface area contributed by atoms with Gasteiger partial charge in [-0.25, -0.2) is 4.98 Å². The molecule has 1 unspecified atom stereocenters. The zero-order chi connectivity index (χ0) is 13.7. The van der Waals surface area contributed by atoms with Gasteiger partial charge in [0.25, 0.3) is 5.91 Å². The van der Waals surface area contributed by atoms with Gasteiger partial charge in [-0.3, -0.25) is 4.79 Å². The van der Waals surface area contributed by atoms with Gasteiger partial charge in [-0.05, 0) is 23.9 Å². The Bertz CT molecular complexity index is 542. The van der Waals surface area contributed by atoms with Crippen molar-refractivity contribution in [2.24, 2.45) is 0 Å². The van der Waals surface area contributed by atoms with E-state index in [1.165, 1.54) is 12.3 Å². The number of nitrogens with zero attached hydrogens (tertiary/aromatic N) is 1. The topological polar surface area (TPSA) is 42.0 Å². The lowest BCUT2D eigenvalue weighted by atomic mass is 10.1. The molecule has 0 saturated heterocycles. The van der Waals surface area contributed by atoms with Crippen molar-refractivity contribution < 1.29 is 9.18 Å². The number of amides is 1. The van der Waals surface area contributed by atoms with Crippen LogP contribution in [0.3, 0.4) is 0 Å². The number of halogens is 1. The van der Waals surface area contributed by atoms with Crippen LogP contribution in [0.5, 0.6) is 0 Å². The zero-order valence-electron chi connectivity index (χ0n) is 10.6. The van der Waals surface area contributed by atoms with E-state index in [4.69, 9.17) is 0 Å². The van der Waals surface area contributed by atoms with Gasteiger partial charge in [0, 0.05) is 22.7 Å². The SMILES string of the molecule is CCCC(NC(=O)c1ccnc(F)c1)c1cccs1. The fraction of sp³-hybridized carbons (Fsp3) is 0.286. The van der Waals surface area contributed by atoms with Crippen molar-refractivity contribution in [3.8, 4) is 0 Å². The molecule has 100 valence electrons. The van der Waals surface area contributed by atoms with Crippen LogP contribution in [0.25, 0.3) is 0 Å². The molecule has 0 aliphatic rings. The van der Waals surface area contributed by atoms with E-state index in [1.54, 1.807) is 11.3 Å². The number of hydrogen-bond donors (Lipinski definition) is 1. The van der Waals surface area contributed by atoms with Crippen molar-refractivity contribution in [3.05, 3.63) is 52.2 Å². The van der Waals surface area contributed by atoms with Gasteiger partial charge in [-0.2, -0.15) is 4.39 Å². The van der Waals surface area contributed by atoms with E-state index in [0.29, 0.717) is 5.56 Å². The van der Waals surface area contributed by atoms with E-state index in [1.807, 2.05) is 17.5 Å². The van der Waals surface area contributed by atoms with Gasteiger partial charge >= 0.3 is 0 Å². The predicted molar refractivity (Wildman–Crippen MR) is 73.6 cm³/mol. The van der Waals surface area contributed by atoms with Crippen molar-refractivity contribution in [2.75, 3.05) is 0 Å². The highest BCUT2D eigenvalue weighted by molar-refractivity contribution is 7.10. The molecule has 0 aliphatic heterocycles. The Hall–Kier alpha value is -1.75. The molecule has 3 nitrogen and oxygen atoms in total. The van der Waals surface area contributed by atoms with Crippen LogP contribution in [0.4, 0.5) is 4.39 Å². The lowest BCUT2D eigenvalue weighted by Gasteiger charge is -2.16. The molecule has 0 aliphatic carbocycles. The molecular formula is C14H15FN2OS. The summed E-state index contributed by atoms with van der Waals surface area (Å²) in [6, 6.07) is 6.59. The second-order valence-corrected chi connectivity index (χ2v) is 5.18. The molecule has 0 fully saturated rings. The summed E-state index contributed by atoms with van der Waals surface area (Å²) >= 11 is 1.61. The molecule has 0 radical (unpaired) electrons. The molecule has 2 rings (SSSR count). The number of carbonyl (C=O) groups is 1. The molecule has 1 N–H and O–H groups in total. The molecule has 5 heteroatoms. The highest BCUT2D eigenvalue weighted by atomic mass is 32.1. The highest BCUT2D eigenvalue weighted by Gasteiger charge is 2.16. The molecule has 0 aromatic carbocycles.